The number of methoxy groups -OCH3 is 1. The van der Waals surface area contributed by atoms with Gasteiger partial charge >= 0.3 is 5.97 Å². The molecule has 0 bridgehead atoms. The quantitative estimate of drug-likeness (QED) is 0.351. The number of hydrogen-bond donors (Lipinski definition) is 0. The van der Waals surface area contributed by atoms with Crippen LogP contribution in [-0.4, -0.2) is 24.6 Å². The molecule has 0 atom stereocenters. The molecule has 0 aliphatic rings. The van der Waals surface area contributed by atoms with Gasteiger partial charge in [0.15, 0.2) is 0 Å². The van der Waals surface area contributed by atoms with Crippen molar-refractivity contribution in [2.45, 2.75) is 6.92 Å². The van der Waals surface area contributed by atoms with Gasteiger partial charge in [0.1, 0.15) is 5.75 Å². The standard InChI is InChI=1S/C12H11NO5/c1-3-18-12(14)5-4-9-6-10(13(15)16)8-11(7-9)17-2/h6-8H,3H2,1-2H3. The summed E-state index contributed by atoms with van der Waals surface area (Å²) in [4.78, 5) is 21.1. The lowest BCUT2D eigenvalue weighted by atomic mass is 10.2. The van der Waals surface area contributed by atoms with Crippen molar-refractivity contribution in [3.8, 4) is 17.6 Å². The van der Waals surface area contributed by atoms with E-state index in [0.29, 0.717) is 11.3 Å². The van der Waals surface area contributed by atoms with E-state index in [2.05, 4.69) is 16.6 Å². The average Bonchev–Trinajstić information content (AvgIpc) is 2.36. The van der Waals surface area contributed by atoms with E-state index in [1.807, 2.05) is 0 Å². The second kappa shape index (κ2) is 6.25. The van der Waals surface area contributed by atoms with E-state index in [1.165, 1.54) is 25.3 Å². The molecule has 0 aliphatic carbocycles. The van der Waals surface area contributed by atoms with E-state index in [-0.39, 0.29) is 12.3 Å². The van der Waals surface area contributed by atoms with Crippen molar-refractivity contribution in [2.75, 3.05) is 13.7 Å². The Morgan fingerprint density at radius 3 is 2.72 bits per heavy atom. The van der Waals surface area contributed by atoms with E-state index in [4.69, 9.17) is 4.74 Å². The van der Waals surface area contributed by atoms with Gasteiger partial charge in [0.05, 0.1) is 24.7 Å². The molecule has 0 radical (unpaired) electrons. The van der Waals surface area contributed by atoms with Gasteiger partial charge in [-0.05, 0) is 13.0 Å². The molecule has 1 rings (SSSR count). The van der Waals surface area contributed by atoms with Crippen molar-refractivity contribution in [3.63, 3.8) is 0 Å². The number of benzene rings is 1. The normalized spacial score (nSPS) is 9.00. The maximum absolute atomic E-state index is 11.0. The van der Waals surface area contributed by atoms with E-state index >= 15 is 0 Å². The average molecular weight is 249 g/mol. The number of non-ortho nitro benzene ring substituents is 1. The minimum atomic E-state index is -0.678. The molecule has 0 saturated carbocycles. The molecule has 18 heavy (non-hydrogen) atoms. The summed E-state index contributed by atoms with van der Waals surface area (Å²) in [7, 11) is 1.39. The van der Waals surface area contributed by atoms with E-state index in [1.54, 1.807) is 6.92 Å². The minimum Gasteiger partial charge on any atom is -0.496 e. The lowest BCUT2D eigenvalue weighted by Gasteiger charge is -2.00. The van der Waals surface area contributed by atoms with E-state index in [9.17, 15) is 14.9 Å². The molecule has 6 nitrogen and oxygen atoms in total. The van der Waals surface area contributed by atoms with Crippen LogP contribution >= 0.6 is 0 Å². The smallest absolute Gasteiger partial charge is 0.384 e. The first-order valence-electron chi connectivity index (χ1n) is 5.09. The Morgan fingerprint density at radius 2 is 2.17 bits per heavy atom. The van der Waals surface area contributed by atoms with Gasteiger partial charge < -0.3 is 9.47 Å². The van der Waals surface area contributed by atoms with Gasteiger partial charge in [0.2, 0.25) is 0 Å². The fraction of sp³-hybridized carbons (Fsp3) is 0.250. The van der Waals surface area contributed by atoms with Crippen LogP contribution in [0.3, 0.4) is 0 Å². The fourth-order valence-electron chi connectivity index (χ4n) is 1.17. The van der Waals surface area contributed by atoms with Crippen LogP contribution < -0.4 is 4.74 Å². The van der Waals surface area contributed by atoms with Crippen LogP contribution in [0.25, 0.3) is 0 Å². The van der Waals surface area contributed by atoms with Crippen LogP contribution in [0.5, 0.6) is 5.75 Å². The summed E-state index contributed by atoms with van der Waals surface area (Å²) in [5.74, 6) is 4.34. The Kier molecular flexibility index (Phi) is 4.69. The Balaban J connectivity index is 3.05. The lowest BCUT2D eigenvalue weighted by Crippen LogP contribution is -1.99. The minimum absolute atomic E-state index is 0.150. The highest BCUT2D eigenvalue weighted by atomic mass is 16.6. The molecule has 0 N–H and O–H groups in total. The molecule has 94 valence electrons. The summed E-state index contributed by atoms with van der Waals surface area (Å²) >= 11 is 0. The summed E-state index contributed by atoms with van der Waals surface area (Å²) < 4.78 is 9.53. The number of nitro benzene ring substituents is 1. The van der Waals surface area contributed by atoms with E-state index < -0.39 is 10.9 Å². The first-order valence-corrected chi connectivity index (χ1v) is 5.09. The van der Waals surface area contributed by atoms with Crippen LogP contribution in [-0.2, 0) is 9.53 Å². The number of hydrogen-bond acceptors (Lipinski definition) is 5. The first-order chi connectivity index (χ1) is 8.56. The second-order valence-corrected chi connectivity index (χ2v) is 3.15. The summed E-state index contributed by atoms with van der Waals surface area (Å²) in [6.45, 7) is 1.89. The topological polar surface area (TPSA) is 78.7 Å². The Hall–Kier alpha value is -2.55. The lowest BCUT2D eigenvalue weighted by molar-refractivity contribution is -0.384. The van der Waals surface area contributed by atoms with Crippen molar-refractivity contribution in [1.29, 1.82) is 0 Å². The molecule has 0 saturated heterocycles. The van der Waals surface area contributed by atoms with Gasteiger partial charge in [-0.15, -0.1) is 0 Å². The third kappa shape index (κ3) is 3.79. The van der Waals surface area contributed by atoms with Crippen molar-refractivity contribution >= 4 is 11.7 Å². The summed E-state index contributed by atoms with van der Waals surface area (Å²) in [6, 6.07) is 4.03. The molecule has 0 spiro atoms. The summed E-state index contributed by atoms with van der Waals surface area (Å²) in [6.07, 6.45) is 0. The van der Waals surface area contributed by atoms with Crippen LogP contribution in [0.15, 0.2) is 18.2 Å². The highest BCUT2D eigenvalue weighted by Gasteiger charge is 2.09. The van der Waals surface area contributed by atoms with Crippen molar-refractivity contribution in [2.24, 2.45) is 0 Å². The molecule has 6 heteroatoms. The zero-order valence-electron chi connectivity index (χ0n) is 9.93. The predicted octanol–water partition coefficient (Wildman–Crippen LogP) is 1.52. The van der Waals surface area contributed by atoms with Crippen molar-refractivity contribution in [1.82, 2.24) is 0 Å². The maximum atomic E-state index is 11.0. The highest BCUT2D eigenvalue weighted by Crippen LogP contribution is 2.21. The van der Waals surface area contributed by atoms with Crippen LogP contribution in [0, 0.1) is 22.0 Å². The fourth-order valence-corrected chi connectivity index (χ4v) is 1.17. The third-order valence-corrected chi connectivity index (χ3v) is 1.92. The van der Waals surface area contributed by atoms with Gasteiger partial charge in [-0.2, -0.15) is 0 Å². The molecule has 0 aliphatic heterocycles. The zero-order valence-corrected chi connectivity index (χ0v) is 9.93. The number of carbonyl (C=O) groups excluding carboxylic acids is 1. The first kappa shape index (κ1) is 13.5. The number of esters is 1. The van der Waals surface area contributed by atoms with E-state index in [0.717, 1.165) is 0 Å². The Labute approximate surface area is 104 Å². The predicted molar refractivity (Wildman–Crippen MR) is 63.2 cm³/mol. The number of nitrogens with zero attached hydrogens (tertiary/aromatic N) is 1. The zero-order chi connectivity index (χ0) is 13.5. The summed E-state index contributed by atoms with van der Waals surface area (Å²) in [5.41, 5.74) is 0.164. The molecule has 0 fully saturated rings. The molecule has 1 aromatic carbocycles. The SMILES string of the molecule is CCOC(=O)C#Cc1cc(OC)cc([N+](=O)[O-])c1. The number of carbonyl (C=O) groups is 1. The highest BCUT2D eigenvalue weighted by molar-refractivity contribution is 5.89. The van der Waals surface area contributed by atoms with Crippen LogP contribution in [0.1, 0.15) is 12.5 Å². The van der Waals surface area contributed by atoms with Gasteiger partial charge in [-0.25, -0.2) is 4.79 Å². The molecule has 0 unspecified atom stereocenters. The van der Waals surface area contributed by atoms with Crippen molar-refractivity contribution in [3.05, 3.63) is 33.9 Å². The third-order valence-electron chi connectivity index (χ3n) is 1.92. The monoisotopic (exact) mass is 249 g/mol. The largest absolute Gasteiger partial charge is 0.496 e. The Bertz CT molecular complexity index is 527. The van der Waals surface area contributed by atoms with Crippen LogP contribution in [0.4, 0.5) is 5.69 Å². The molecule has 0 amide bonds. The van der Waals surface area contributed by atoms with Gasteiger partial charge in [0.25, 0.3) is 5.69 Å². The van der Waals surface area contributed by atoms with Gasteiger partial charge in [-0.3, -0.25) is 10.1 Å². The number of ether oxygens (including phenoxy) is 2. The molecule has 0 aromatic heterocycles. The van der Waals surface area contributed by atoms with Crippen LogP contribution in [0.2, 0.25) is 0 Å². The second-order valence-electron chi connectivity index (χ2n) is 3.15. The van der Waals surface area contributed by atoms with Gasteiger partial charge in [0, 0.05) is 17.6 Å². The van der Waals surface area contributed by atoms with Crippen molar-refractivity contribution < 1.29 is 19.2 Å². The molecule has 0 heterocycles. The molecular formula is C12H11NO5. The maximum Gasteiger partial charge on any atom is 0.384 e. The number of rotatable bonds is 3. The number of nitro groups is 1. The molecule has 1 aromatic rings. The Morgan fingerprint density at radius 1 is 1.44 bits per heavy atom. The van der Waals surface area contributed by atoms with Gasteiger partial charge in [-0.1, -0.05) is 5.92 Å². The summed E-state index contributed by atoms with van der Waals surface area (Å²) in [5, 5.41) is 10.7. The molecular weight excluding hydrogens is 238 g/mol.